The molecule has 0 atom stereocenters. The van der Waals surface area contributed by atoms with Gasteiger partial charge in [0.25, 0.3) is 5.88 Å². The number of nitrogens with one attached hydrogen (secondary N) is 1. The van der Waals surface area contributed by atoms with Crippen molar-refractivity contribution in [3.8, 4) is 11.6 Å². The zero-order valence-corrected chi connectivity index (χ0v) is 12.7. The van der Waals surface area contributed by atoms with E-state index in [1.165, 1.54) is 0 Å². The van der Waals surface area contributed by atoms with Gasteiger partial charge in [0.05, 0.1) is 0 Å². The predicted molar refractivity (Wildman–Crippen MR) is 82.6 cm³/mol. The van der Waals surface area contributed by atoms with E-state index in [1.807, 2.05) is 31.3 Å². The van der Waals surface area contributed by atoms with Crippen LogP contribution in [0.4, 0.5) is 0 Å². The number of hydrogen-bond acceptors (Lipinski definition) is 4. The van der Waals surface area contributed by atoms with Gasteiger partial charge in [-0.15, -0.1) is 0 Å². The third-order valence-electron chi connectivity index (χ3n) is 2.96. The molecule has 5 nitrogen and oxygen atoms in total. The summed E-state index contributed by atoms with van der Waals surface area (Å²) in [6, 6.07) is 7.60. The zero-order valence-electron chi connectivity index (χ0n) is 12.7. The highest BCUT2D eigenvalue weighted by Gasteiger charge is 2.08. The fourth-order valence-electron chi connectivity index (χ4n) is 2.03. The number of hydrogen-bond donors (Lipinski definition) is 1. The number of nitrogens with zero attached hydrogens (tertiary/aromatic N) is 2. The van der Waals surface area contributed by atoms with Gasteiger partial charge in [-0.25, -0.2) is 4.98 Å². The smallest absolute Gasteiger partial charge is 0.313 e. The van der Waals surface area contributed by atoms with E-state index in [0.717, 1.165) is 12.1 Å². The third-order valence-corrected chi connectivity index (χ3v) is 2.96. The van der Waals surface area contributed by atoms with Crippen LogP contribution in [0.5, 0.6) is 11.6 Å². The first-order valence-corrected chi connectivity index (χ1v) is 7.07. The Morgan fingerprint density at radius 2 is 2.00 bits per heavy atom. The fraction of sp³-hybridized carbons (Fsp3) is 0.375. The normalized spacial score (nSPS) is 10.9. The van der Waals surface area contributed by atoms with Gasteiger partial charge in [-0.05, 0) is 30.7 Å². The molecule has 0 spiro atoms. The van der Waals surface area contributed by atoms with Crippen LogP contribution in [0.15, 0.2) is 41.5 Å². The van der Waals surface area contributed by atoms with Gasteiger partial charge in [-0.3, -0.25) is 4.79 Å². The first-order chi connectivity index (χ1) is 10.1. The van der Waals surface area contributed by atoms with Gasteiger partial charge in [-0.2, -0.15) is 0 Å². The van der Waals surface area contributed by atoms with E-state index in [0.29, 0.717) is 18.2 Å². The minimum atomic E-state index is -0.203. The summed E-state index contributed by atoms with van der Waals surface area (Å²) in [5, 5.41) is 3.08. The van der Waals surface area contributed by atoms with Crippen LogP contribution in [-0.2, 0) is 13.1 Å². The average Bonchev–Trinajstić information content (AvgIpc) is 2.45. The Balaban J connectivity index is 2.17. The lowest BCUT2D eigenvalue weighted by atomic mass is 10.2. The third kappa shape index (κ3) is 4.16. The van der Waals surface area contributed by atoms with Crippen molar-refractivity contribution in [2.24, 2.45) is 5.92 Å². The number of rotatable bonds is 6. The summed E-state index contributed by atoms with van der Waals surface area (Å²) >= 11 is 0. The summed E-state index contributed by atoms with van der Waals surface area (Å²) in [4.78, 5) is 16.3. The lowest BCUT2D eigenvalue weighted by Gasteiger charge is -2.10. The van der Waals surface area contributed by atoms with Crippen molar-refractivity contribution in [2.75, 3.05) is 7.05 Å². The Morgan fingerprint density at radius 1 is 1.29 bits per heavy atom. The van der Waals surface area contributed by atoms with E-state index in [4.69, 9.17) is 4.74 Å². The largest absolute Gasteiger partial charge is 0.435 e. The predicted octanol–water partition coefficient (Wildman–Crippen LogP) is 2.41. The summed E-state index contributed by atoms with van der Waals surface area (Å²) in [5.41, 5.74) is 0.952. The summed E-state index contributed by atoms with van der Waals surface area (Å²) in [6.07, 6.45) is 3.28. The van der Waals surface area contributed by atoms with Crippen LogP contribution >= 0.6 is 0 Å². The van der Waals surface area contributed by atoms with Crippen LogP contribution in [0.2, 0.25) is 0 Å². The van der Waals surface area contributed by atoms with Crippen molar-refractivity contribution in [3.05, 3.63) is 52.6 Å². The van der Waals surface area contributed by atoms with Crippen LogP contribution in [-0.4, -0.2) is 16.6 Å². The Kier molecular flexibility index (Phi) is 5.11. The zero-order chi connectivity index (χ0) is 15.2. The van der Waals surface area contributed by atoms with Crippen LogP contribution < -0.4 is 15.6 Å². The van der Waals surface area contributed by atoms with E-state index >= 15 is 0 Å². The quantitative estimate of drug-likeness (QED) is 0.886. The number of benzene rings is 1. The molecule has 0 aliphatic heterocycles. The maximum absolute atomic E-state index is 12.2. The standard InChI is InChI=1S/C16H21N3O2/c1-12(2)11-19-9-8-18-15(16(19)20)21-14-6-4-13(5-7-14)10-17-3/h4-9,12,17H,10-11H2,1-3H3. The Bertz CT molecular complexity index is 633. The maximum Gasteiger partial charge on any atom is 0.313 e. The molecule has 1 N–H and O–H groups in total. The molecular formula is C16H21N3O2. The minimum Gasteiger partial charge on any atom is -0.435 e. The first-order valence-electron chi connectivity index (χ1n) is 7.07. The highest BCUT2D eigenvalue weighted by Crippen LogP contribution is 2.17. The summed E-state index contributed by atoms with van der Waals surface area (Å²) < 4.78 is 7.23. The molecule has 0 amide bonds. The maximum atomic E-state index is 12.2. The molecule has 0 bridgehead atoms. The SMILES string of the molecule is CNCc1ccc(Oc2nccn(CC(C)C)c2=O)cc1. The molecule has 0 saturated carbocycles. The second kappa shape index (κ2) is 7.04. The molecular weight excluding hydrogens is 266 g/mol. The summed E-state index contributed by atoms with van der Waals surface area (Å²) in [6.45, 7) is 5.58. The minimum absolute atomic E-state index is 0.111. The van der Waals surface area contributed by atoms with Gasteiger partial charge in [0.15, 0.2) is 0 Å². The van der Waals surface area contributed by atoms with Gasteiger partial charge in [0.1, 0.15) is 5.75 Å². The van der Waals surface area contributed by atoms with E-state index in [9.17, 15) is 4.79 Å². The lowest BCUT2D eigenvalue weighted by Crippen LogP contribution is -2.23. The van der Waals surface area contributed by atoms with Crippen molar-refractivity contribution in [1.82, 2.24) is 14.9 Å². The molecule has 0 saturated heterocycles. The molecule has 0 fully saturated rings. The van der Waals surface area contributed by atoms with Gasteiger partial charge in [-0.1, -0.05) is 26.0 Å². The van der Waals surface area contributed by atoms with Gasteiger partial charge < -0.3 is 14.6 Å². The van der Waals surface area contributed by atoms with E-state index < -0.39 is 0 Å². The summed E-state index contributed by atoms with van der Waals surface area (Å²) in [5.74, 6) is 1.11. The highest BCUT2D eigenvalue weighted by molar-refractivity contribution is 5.29. The number of ether oxygens (including phenoxy) is 1. The molecule has 0 aliphatic carbocycles. The van der Waals surface area contributed by atoms with Crippen molar-refractivity contribution in [3.63, 3.8) is 0 Å². The van der Waals surface area contributed by atoms with E-state index in [1.54, 1.807) is 17.0 Å². The van der Waals surface area contributed by atoms with Gasteiger partial charge in [0, 0.05) is 25.5 Å². The lowest BCUT2D eigenvalue weighted by molar-refractivity contribution is 0.432. The second-order valence-corrected chi connectivity index (χ2v) is 5.36. The molecule has 0 aliphatic rings. The number of aromatic nitrogens is 2. The first kappa shape index (κ1) is 15.3. The Hall–Kier alpha value is -2.14. The molecule has 1 heterocycles. The molecule has 5 heteroatoms. The molecule has 1 aromatic carbocycles. The van der Waals surface area contributed by atoms with E-state index in [2.05, 4.69) is 24.1 Å². The van der Waals surface area contributed by atoms with Crippen LogP contribution in [0.1, 0.15) is 19.4 Å². The summed E-state index contributed by atoms with van der Waals surface area (Å²) in [7, 11) is 1.90. The molecule has 0 unspecified atom stereocenters. The van der Waals surface area contributed by atoms with E-state index in [-0.39, 0.29) is 11.4 Å². The van der Waals surface area contributed by atoms with Gasteiger partial charge >= 0.3 is 5.56 Å². The Labute approximate surface area is 124 Å². The molecule has 0 radical (unpaired) electrons. The molecule has 21 heavy (non-hydrogen) atoms. The fourth-order valence-corrected chi connectivity index (χ4v) is 2.03. The van der Waals surface area contributed by atoms with Crippen molar-refractivity contribution >= 4 is 0 Å². The van der Waals surface area contributed by atoms with Gasteiger partial charge in [0.2, 0.25) is 0 Å². The molecule has 1 aromatic heterocycles. The monoisotopic (exact) mass is 287 g/mol. The second-order valence-electron chi connectivity index (χ2n) is 5.36. The van der Waals surface area contributed by atoms with Crippen LogP contribution in [0.25, 0.3) is 0 Å². The van der Waals surface area contributed by atoms with Crippen LogP contribution in [0, 0.1) is 5.92 Å². The van der Waals surface area contributed by atoms with Crippen molar-refractivity contribution in [2.45, 2.75) is 26.9 Å². The average molecular weight is 287 g/mol. The topological polar surface area (TPSA) is 56.1 Å². The van der Waals surface area contributed by atoms with Crippen molar-refractivity contribution in [1.29, 1.82) is 0 Å². The van der Waals surface area contributed by atoms with Crippen LogP contribution in [0.3, 0.4) is 0 Å². The Morgan fingerprint density at radius 3 is 2.62 bits per heavy atom. The highest BCUT2D eigenvalue weighted by atomic mass is 16.5. The molecule has 2 rings (SSSR count). The molecule has 112 valence electrons. The molecule has 2 aromatic rings. The van der Waals surface area contributed by atoms with Crippen molar-refractivity contribution < 1.29 is 4.74 Å².